The molecule has 2 saturated heterocycles. The van der Waals surface area contributed by atoms with E-state index in [-0.39, 0.29) is 42.2 Å². The average molecular weight is 471 g/mol. The molecule has 148 valence electrons. The van der Waals surface area contributed by atoms with Crippen molar-refractivity contribution >= 4 is 29.9 Å². The second-order valence-corrected chi connectivity index (χ2v) is 6.34. The number of nitrogens with zero attached hydrogens (tertiary/aromatic N) is 1. The van der Waals surface area contributed by atoms with Gasteiger partial charge < -0.3 is 29.6 Å². The number of nitrogens with one attached hydrogen (secondary N) is 2. The Bertz CT molecular complexity index is 362. The van der Waals surface area contributed by atoms with Crippen LogP contribution in [0.2, 0.25) is 0 Å². The van der Waals surface area contributed by atoms with Crippen LogP contribution in [0.25, 0.3) is 0 Å². The van der Waals surface area contributed by atoms with E-state index in [9.17, 15) is 0 Å². The summed E-state index contributed by atoms with van der Waals surface area (Å²) in [4.78, 5) is 4.59. The van der Waals surface area contributed by atoms with E-state index >= 15 is 0 Å². The van der Waals surface area contributed by atoms with Crippen LogP contribution in [0.3, 0.4) is 0 Å². The van der Waals surface area contributed by atoms with Crippen LogP contribution in [-0.2, 0) is 18.9 Å². The smallest absolute Gasteiger partial charge is 0.191 e. The van der Waals surface area contributed by atoms with Gasteiger partial charge in [0, 0.05) is 26.9 Å². The van der Waals surface area contributed by atoms with Crippen molar-refractivity contribution in [3.63, 3.8) is 0 Å². The maximum atomic E-state index is 5.73. The van der Waals surface area contributed by atoms with Crippen LogP contribution in [0.15, 0.2) is 4.99 Å². The molecule has 0 aromatic heterocycles. The fourth-order valence-corrected chi connectivity index (χ4v) is 2.94. The van der Waals surface area contributed by atoms with Crippen LogP contribution in [0, 0.1) is 0 Å². The van der Waals surface area contributed by atoms with Crippen LogP contribution in [0.4, 0.5) is 0 Å². The van der Waals surface area contributed by atoms with Gasteiger partial charge in [0.05, 0.1) is 44.6 Å². The molecule has 8 heteroatoms. The van der Waals surface area contributed by atoms with Gasteiger partial charge in [-0.15, -0.1) is 24.0 Å². The Labute approximate surface area is 168 Å². The fourth-order valence-electron chi connectivity index (χ4n) is 2.94. The predicted molar refractivity (Wildman–Crippen MR) is 109 cm³/mol. The number of ether oxygens (including phenoxy) is 4. The number of methoxy groups -OCH3 is 1. The molecule has 0 aliphatic carbocycles. The highest BCUT2D eigenvalue weighted by atomic mass is 127. The number of aliphatic imine (C=N–C) groups is 1. The zero-order chi connectivity index (χ0) is 17.0. The first-order valence-corrected chi connectivity index (χ1v) is 9.14. The van der Waals surface area contributed by atoms with E-state index in [0.29, 0.717) is 26.4 Å². The standard InChI is InChI=1S/C17H33N3O4.HI/c1-14(16-6-4-10-24-16)20-17(18-7-11-21-2)19-8-12-22-13-15-5-3-9-23-15;/h14-16H,3-13H2,1-2H3,(H2,18,19,20);1H. The van der Waals surface area contributed by atoms with E-state index in [1.54, 1.807) is 7.11 Å². The fraction of sp³-hybridized carbons (Fsp3) is 0.941. The Kier molecular flexibility index (Phi) is 12.8. The van der Waals surface area contributed by atoms with Crippen molar-refractivity contribution < 1.29 is 18.9 Å². The number of rotatable bonds is 10. The molecule has 0 aromatic rings. The summed E-state index contributed by atoms with van der Waals surface area (Å²) in [7, 11) is 1.69. The van der Waals surface area contributed by atoms with Gasteiger partial charge in [0.1, 0.15) is 0 Å². The summed E-state index contributed by atoms with van der Waals surface area (Å²) in [6.45, 7) is 7.11. The zero-order valence-electron chi connectivity index (χ0n) is 15.5. The van der Waals surface area contributed by atoms with Gasteiger partial charge in [0.25, 0.3) is 0 Å². The second kappa shape index (κ2) is 14.0. The Morgan fingerprint density at radius 3 is 2.68 bits per heavy atom. The minimum absolute atomic E-state index is 0. The van der Waals surface area contributed by atoms with E-state index in [0.717, 1.165) is 51.4 Å². The van der Waals surface area contributed by atoms with E-state index < -0.39 is 0 Å². The lowest BCUT2D eigenvalue weighted by atomic mass is 10.1. The van der Waals surface area contributed by atoms with Crippen LogP contribution < -0.4 is 10.6 Å². The lowest BCUT2D eigenvalue weighted by molar-refractivity contribution is 0.0199. The molecule has 2 aliphatic heterocycles. The SMILES string of the molecule is COCCNC(=NCCOCC1CCCO1)NC(C)C1CCCO1.I. The third-order valence-electron chi connectivity index (χ3n) is 4.32. The van der Waals surface area contributed by atoms with Gasteiger partial charge >= 0.3 is 0 Å². The first kappa shape index (κ1) is 22.9. The molecule has 2 rings (SSSR count). The zero-order valence-corrected chi connectivity index (χ0v) is 17.8. The number of hydrogen-bond acceptors (Lipinski definition) is 5. The molecule has 7 nitrogen and oxygen atoms in total. The molecule has 0 spiro atoms. The first-order valence-electron chi connectivity index (χ1n) is 9.14. The number of hydrogen-bond donors (Lipinski definition) is 2. The lowest BCUT2D eigenvalue weighted by Gasteiger charge is -2.22. The molecule has 0 bridgehead atoms. The van der Waals surface area contributed by atoms with Gasteiger partial charge in [-0.1, -0.05) is 0 Å². The van der Waals surface area contributed by atoms with Crippen LogP contribution >= 0.6 is 24.0 Å². The minimum atomic E-state index is 0. The summed E-state index contributed by atoms with van der Waals surface area (Å²) in [6.07, 6.45) is 5.01. The number of guanidine groups is 1. The van der Waals surface area contributed by atoms with Gasteiger partial charge in [0.15, 0.2) is 5.96 Å². The van der Waals surface area contributed by atoms with E-state index in [1.165, 1.54) is 0 Å². The van der Waals surface area contributed by atoms with Gasteiger partial charge in [-0.3, -0.25) is 4.99 Å². The van der Waals surface area contributed by atoms with Crippen molar-refractivity contribution in [2.24, 2.45) is 4.99 Å². The van der Waals surface area contributed by atoms with Crippen molar-refractivity contribution in [3.05, 3.63) is 0 Å². The summed E-state index contributed by atoms with van der Waals surface area (Å²) in [5, 5.41) is 6.71. The molecule has 2 N–H and O–H groups in total. The van der Waals surface area contributed by atoms with Gasteiger partial charge in [-0.25, -0.2) is 0 Å². The normalized spacial score (nSPS) is 24.8. The molecule has 2 heterocycles. The largest absolute Gasteiger partial charge is 0.383 e. The molecule has 0 amide bonds. The molecule has 0 radical (unpaired) electrons. The lowest BCUT2D eigenvalue weighted by Crippen LogP contribution is -2.47. The van der Waals surface area contributed by atoms with Gasteiger partial charge in [-0.05, 0) is 32.6 Å². The molecule has 3 unspecified atom stereocenters. The topological polar surface area (TPSA) is 73.3 Å². The molecule has 0 saturated carbocycles. The maximum absolute atomic E-state index is 5.73. The summed E-state index contributed by atoms with van der Waals surface area (Å²) in [5.74, 6) is 0.788. The van der Waals surface area contributed by atoms with Crippen molar-refractivity contribution in [3.8, 4) is 0 Å². The highest BCUT2D eigenvalue weighted by Gasteiger charge is 2.23. The molecule has 0 aromatic carbocycles. The van der Waals surface area contributed by atoms with Crippen molar-refractivity contribution in [2.75, 3.05) is 53.2 Å². The molecule has 2 aliphatic rings. The Morgan fingerprint density at radius 2 is 2.00 bits per heavy atom. The summed E-state index contributed by atoms with van der Waals surface area (Å²) in [6, 6.07) is 0.231. The van der Waals surface area contributed by atoms with Crippen LogP contribution in [-0.4, -0.2) is 77.4 Å². The Balaban J connectivity index is 0.00000312. The molecule has 3 atom stereocenters. The third kappa shape index (κ3) is 9.37. The summed E-state index contributed by atoms with van der Waals surface area (Å²) in [5.41, 5.74) is 0. The van der Waals surface area contributed by atoms with Crippen molar-refractivity contribution in [2.45, 2.75) is 50.9 Å². The van der Waals surface area contributed by atoms with E-state index in [4.69, 9.17) is 18.9 Å². The highest BCUT2D eigenvalue weighted by molar-refractivity contribution is 14.0. The monoisotopic (exact) mass is 471 g/mol. The highest BCUT2D eigenvalue weighted by Crippen LogP contribution is 2.15. The Hall–Kier alpha value is -0.160. The number of halogens is 1. The molecule has 2 fully saturated rings. The van der Waals surface area contributed by atoms with Gasteiger partial charge in [0.2, 0.25) is 0 Å². The summed E-state index contributed by atoms with van der Waals surface area (Å²) >= 11 is 0. The maximum Gasteiger partial charge on any atom is 0.191 e. The quantitative estimate of drug-likeness (QED) is 0.218. The van der Waals surface area contributed by atoms with Crippen LogP contribution in [0.5, 0.6) is 0 Å². The molecule has 25 heavy (non-hydrogen) atoms. The van der Waals surface area contributed by atoms with Gasteiger partial charge in [-0.2, -0.15) is 0 Å². The second-order valence-electron chi connectivity index (χ2n) is 6.34. The van der Waals surface area contributed by atoms with E-state index in [1.807, 2.05) is 0 Å². The van der Waals surface area contributed by atoms with Crippen molar-refractivity contribution in [1.29, 1.82) is 0 Å². The average Bonchev–Trinajstić information content (AvgIpc) is 3.28. The predicted octanol–water partition coefficient (Wildman–Crippen LogP) is 1.55. The van der Waals surface area contributed by atoms with Crippen molar-refractivity contribution in [1.82, 2.24) is 10.6 Å². The van der Waals surface area contributed by atoms with E-state index in [2.05, 4.69) is 22.5 Å². The molecular weight excluding hydrogens is 437 g/mol. The Morgan fingerprint density at radius 1 is 1.20 bits per heavy atom. The van der Waals surface area contributed by atoms with Crippen LogP contribution in [0.1, 0.15) is 32.6 Å². The summed E-state index contributed by atoms with van der Waals surface area (Å²) < 4.78 is 22.0. The third-order valence-corrected chi connectivity index (χ3v) is 4.32. The minimum Gasteiger partial charge on any atom is -0.383 e. The first-order chi connectivity index (χ1) is 11.8. The molecular formula is C17H34IN3O4.